The van der Waals surface area contributed by atoms with E-state index in [9.17, 15) is 14.4 Å². The highest BCUT2D eigenvalue weighted by molar-refractivity contribution is 5.94. The largest absolute Gasteiger partial charge is 0.495 e. The first kappa shape index (κ1) is 25.9. The van der Waals surface area contributed by atoms with Crippen LogP contribution in [0.3, 0.4) is 0 Å². The lowest BCUT2D eigenvalue weighted by molar-refractivity contribution is -0.118. The molecule has 0 atom stereocenters. The van der Waals surface area contributed by atoms with E-state index in [1.54, 1.807) is 30.0 Å². The average molecular weight is 511 g/mol. The Bertz CT molecular complexity index is 1320. The number of carbonyl (C=O) groups excluding carboxylic acids is 1. The van der Waals surface area contributed by atoms with Gasteiger partial charge in [0.1, 0.15) is 11.6 Å². The second kappa shape index (κ2) is 12.2. The standard InChI is InChI=1S/C17H23N3O2.C8H7N3O4/c1-22-14-11-16-15(19-12-14)7-8-17(21)20(16)10-9-18-13-5-3-2-4-6-13;12-6-3-15-4-1-2-5(10-8(13)14)9-7(4)11-6/h7-8,11-13,18H,2-6,9-10H2,1H3;1-2H,3H2,(H,13,14)(H2,9,10,11,12). The number of amides is 2. The number of carbonyl (C=O) groups is 2. The van der Waals surface area contributed by atoms with Crippen LogP contribution in [0.5, 0.6) is 11.5 Å². The molecular weight excluding hydrogens is 480 g/mol. The van der Waals surface area contributed by atoms with Gasteiger partial charge in [-0.15, -0.1) is 0 Å². The van der Waals surface area contributed by atoms with Gasteiger partial charge in [-0.25, -0.2) is 9.78 Å². The number of carboxylic acid groups (broad SMARTS) is 1. The van der Waals surface area contributed by atoms with Gasteiger partial charge in [0.25, 0.3) is 11.5 Å². The van der Waals surface area contributed by atoms with Crippen LogP contribution in [-0.2, 0) is 11.3 Å². The maximum Gasteiger partial charge on any atom is 0.410 e. The second-order valence-corrected chi connectivity index (χ2v) is 8.70. The van der Waals surface area contributed by atoms with E-state index in [0.29, 0.717) is 24.1 Å². The van der Waals surface area contributed by atoms with Crippen molar-refractivity contribution in [2.45, 2.75) is 44.7 Å². The molecule has 3 aromatic heterocycles. The highest BCUT2D eigenvalue weighted by Gasteiger charge is 2.17. The Kier molecular flexibility index (Phi) is 8.52. The molecule has 0 unspecified atom stereocenters. The van der Waals surface area contributed by atoms with Crippen LogP contribution in [0.4, 0.5) is 16.4 Å². The second-order valence-electron chi connectivity index (χ2n) is 8.70. The molecule has 0 saturated heterocycles. The van der Waals surface area contributed by atoms with Gasteiger partial charge in [0.15, 0.2) is 18.2 Å². The monoisotopic (exact) mass is 510 g/mol. The maximum atomic E-state index is 12.2. The summed E-state index contributed by atoms with van der Waals surface area (Å²) in [6.45, 7) is 1.41. The molecule has 3 aromatic rings. The lowest BCUT2D eigenvalue weighted by Gasteiger charge is -2.23. The number of hydrogen-bond acceptors (Lipinski definition) is 8. The van der Waals surface area contributed by atoms with Crippen molar-refractivity contribution in [3.63, 3.8) is 0 Å². The smallest absolute Gasteiger partial charge is 0.410 e. The zero-order valence-corrected chi connectivity index (χ0v) is 20.5. The molecule has 0 bridgehead atoms. The van der Waals surface area contributed by atoms with Crippen LogP contribution in [0.25, 0.3) is 11.0 Å². The van der Waals surface area contributed by atoms with Crippen molar-refractivity contribution in [3.05, 3.63) is 46.9 Å². The van der Waals surface area contributed by atoms with Gasteiger partial charge in [-0.1, -0.05) is 19.3 Å². The predicted molar refractivity (Wildman–Crippen MR) is 137 cm³/mol. The lowest BCUT2D eigenvalue weighted by Crippen LogP contribution is -2.35. The minimum atomic E-state index is -1.22. The van der Waals surface area contributed by atoms with Crippen molar-refractivity contribution in [3.8, 4) is 11.5 Å². The number of ether oxygens (including phenoxy) is 2. The van der Waals surface area contributed by atoms with Gasteiger partial charge in [0, 0.05) is 31.3 Å². The fourth-order valence-electron chi connectivity index (χ4n) is 4.32. The molecule has 12 nitrogen and oxygen atoms in total. The van der Waals surface area contributed by atoms with E-state index in [4.69, 9.17) is 14.6 Å². The third-order valence-corrected chi connectivity index (χ3v) is 6.13. The number of fused-ring (bicyclic) bond motifs is 2. The van der Waals surface area contributed by atoms with Crippen LogP contribution in [0, 0.1) is 0 Å². The quantitative estimate of drug-likeness (QED) is 0.391. The first-order valence-corrected chi connectivity index (χ1v) is 12.1. The summed E-state index contributed by atoms with van der Waals surface area (Å²) < 4.78 is 12.0. The molecule has 196 valence electrons. The summed E-state index contributed by atoms with van der Waals surface area (Å²) in [6.07, 6.45) is 6.94. The molecule has 1 aliphatic heterocycles. The summed E-state index contributed by atoms with van der Waals surface area (Å²) in [5.41, 5.74) is 1.66. The van der Waals surface area contributed by atoms with Crippen molar-refractivity contribution < 1.29 is 24.2 Å². The van der Waals surface area contributed by atoms with Crippen LogP contribution in [0.1, 0.15) is 32.1 Å². The van der Waals surface area contributed by atoms with Gasteiger partial charge in [-0.05, 0) is 31.0 Å². The van der Waals surface area contributed by atoms with Crippen LogP contribution in [0.15, 0.2) is 41.3 Å². The van der Waals surface area contributed by atoms with Crippen LogP contribution in [-0.4, -0.2) is 57.9 Å². The Morgan fingerprint density at radius 1 is 1.22 bits per heavy atom. The minimum absolute atomic E-state index is 0.00740. The van der Waals surface area contributed by atoms with E-state index in [1.165, 1.54) is 44.2 Å². The molecule has 0 radical (unpaired) electrons. The summed E-state index contributed by atoms with van der Waals surface area (Å²) in [5.74, 6) is 1.13. The van der Waals surface area contributed by atoms with E-state index in [0.717, 1.165) is 17.6 Å². The summed E-state index contributed by atoms with van der Waals surface area (Å²) in [7, 11) is 1.61. The normalized spacial score (nSPS) is 15.0. The zero-order valence-electron chi connectivity index (χ0n) is 20.5. The molecule has 2 amide bonds. The van der Waals surface area contributed by atoms with E-state index < -0.39 is 6.09 Å². The van der Waals surface area contributed by atoms with Gasteiger partial charge in [-0.3, -0.25) is 19.9 Å². The minimum Gasteiger partial charge on any atom is -0.495 e. The SMILES string of the molecule is COc1cnc2ccc(=O)n(CCNC3CCCCC3)c2c1.O=C(O)Nc1ccc2c(n1)NC(=O)CO2. The number of nitrogens with zero attached hydrogens (tertiary/aromatic N) is 3. The molecule has 37 heavy (non-hydrogen) atoms. The van der Waals surface area contributed by atoms with Crippen molar-refractivity contribution in [2.75, 3.05) is 30.9 Å². The third-order valence-electron chi connectivity index (χ3n) is 6.13. The molecule has 1 fully saturated rings. The maximum absolute atomic E-state index is 12.2. The van der Waals surface area contributed by atoms with Crippen LogP contribution >= 0.6 is 0 Å². The Morgan fingerprint density at radius 3 is 2.78 bits per heavy atom. The van der Waals surface area contributed by atoms with Gasteiger partial charge in [0.2, 0.25) is 0 Å². The number of pyridine rings is 3. The predicted octanol–water partition coefficient (Wildman–Crippen LogP) is 2.83. The number of anilines is 2. The number of hydrogen-bond donors (Lipinski definition) is 4. The summed E-state index contributed by atoms with van der Waals surface area (Å²) >= 11 is 0. The summed E-state index contributed by atoms with van der Waals surface area (Å²) in [5, 5.41) is 16.6. The molecule has 2 aliphatic rings. The fraction of sp³-hybridized carbons (Fsp3) is 0.400. The van der Waals surface area contributed by atoms with Crippen molar-refractivity contribution in [1.82, 2.24) is 19.9 Å². The summed E-state index contributed by atoms with van der Waals surface area (Å²) in [4.78, 5) is 41.7. The van der Waals surface area contributed by atoms with Gasteiger partial charge < -0.3 is 29.8 Å². The van der Waals surface area contributed by atoms with E-state index >= 15 is 0 Å². The lowest BCUT2D eigenvalue weighted by atomic mass is 9.95. The van der Waals surface area contributed by atoms with Gasteiger partial charge in [-0.2, -0.15) is 0 Å². The number of rotatable bonds is 6. The average Bonchev–Trinajstić information content (AvgIpc) is 2.90. The fourth-order valence-corrected chi connectivity index (χ4v) is 4.32. The van der Waals surface area contributed by atoms with Gasteiger partial charge >= 0.3 is 6.09 Å². The van der Waals surface area contributed by atoms with Gasteiger partial charge in [0.05, 0.1) is 24.3 Å². The molecule has 12 heteroatoms. The molecule has 0 spiro atoms. The van der Waals surface area contributed by atoms with Crippen molar-refractivity contribution in [2.24, 2.45) is 0 Å². The van der Waals surface area contributed by atoms with Crippen LogP contribution < -0.4 is 31.0 Å². The molecule has 1 saturated carbocycles. The van der Waals surface area contributed by atoms with E-state index in [2.05, 4.69) is 25.9 Å². The number of methoxy groups -OCH3 is 1. The molecule has 4 heterocycles. The highest BCUT2D eigenvalue weighted by atomic mass is 16.5. The Labute approximate surface area is 213 Å². The van der Waals surface area contributed by atoms with Crippen LogP contribution in [0.2, 0.25) is 0 Å². The summed E-state index contributed by atoms with van der Waals surface area (Å²) in [6, 6.07) is 8.82. The Balaban J connectivity index is 0.000000186. The molecular formula is C25H30N6O6. The molecule has 1 aliphatic carbocycles. The van der Waals surface area contributed by atoms with E-state index in [1.807, 2.05) is 6.07 Å². The Morgan fingerprint density at radius 2 is 2.03 bits per heavy atom. The first-order valence-electron chi connectivity index (χ1n) is 12.1. The Hall–Kier alpha value is -4.19. The van der Waals surface area contributed by atoms with Crippen molar-refractivity contribution >= 4 is 34.7 Å². The molecule has 4 N–H and O–H groups in total. The zero-order chi connectivity index (χ0) is 26.2. The number of nitrogens with one attached hydrogen (secondary N) is 3. The first-order chi connectivity index (χ1) is 17.9. The topological polar surface area (TPSA) is 157 Å². The third kappa shape index (κ3) is 6.94. The number of aromatic nitrogens is 3. The molecule has 0 aromatic carbocycles. The molecule has 5 rings (SSSR count). The van der Waals surface area contributed by atoms with E-state index in [-0.39, 0.29) is 29.7 Å². The highest BCUT2D eigenvalue weighted by Crippen LogP contribution is 2.26. The van der Waals surface area contributed by atoms with Crippen molar-refractivity contribution in [1.29, 1.82) is 0 Å².